The number of carbonyl (C=O) groups is 3. The number of aliphatic carboxylic acids is 1. The monoisotopic (exact) mass is 451 g/mol. The second-order valence-corrected chi connectivity index (χ2v) is 14.1. The molecule has 0 spiro atoms. The quantitative estimate of drug-likeness (QED) is 0.497. The maximum absolute atomic E-state index is 13.0. The molecule has 1 heterocycles. The van der Waals surface area contributed by atoms with Crippen LogP contribution in [-0.4, -0.2) is 61.2 Å². The Labute approximate surface area is 184 Å². The number of hydrogen-bond acceptors (Lipinski definition) is 6. The van der Waals surface area contributed by atoms with Crippen LogP contribution in [0.15, 0.2) is 30.3 Å². The molecule has 0 saturated carbocycles. The normalized spacial score (nSPS) is 21.6. The number of rotatable bonds is 7. The van der Waals surface area contributed by atoms with E-state index in [1.807, 2.05) is 30.3 Å². The molecule has 8 nitrogen and oxygen atoms in total. The first kappa shape index (κ1) is 24.9. The van der Waals surface area contributed by atoms with Crippen molar-refractivity contribution in [3.63, 3.8) is 0 Å². The van der Waals surface area contributed by atoms with Crippen LogP contribution >= 0.6 is 0 Å². The van der Waals surface area contributed by atoms with Gasteiger partial charge < -0.3 is 19.0 Å². The smallest absolute Gasteiger partial charge is 0.411 e. The molecule has 0 unspecified atom stereocenters. The van der Waals surface area contributed by atoms with Crippen LogP contribution in [0.2, 0.25) is 18.1 Å². The van der Waals surface area contributed by atoms with E-state index in [1.165, 1.54) is 6.92 Å². The maximum Gasteiger partial charge on any atom is 0.411 e. The van der Waals surface area contributed by atoms with Gasteiger partial charge in [-0.05, 0) is 23.7 Å². The molecule has 1 fully saturated rings. The van der Waals surface area contributed by atoms with E-state index < -0.39 is 44.5 Å². The van der Waals surface area contributed by atoms with Crippen molar-refractivity contribution in [1.82, 2.24) is 4.90 Å². The maximum atomic E-state index is 13.0. The van der Waals surface area contributed by atoms with E-state index in [-0.39, 0.29) is 24.7 Å². The molecule has 2 rings (SSSR count). The Morgan fingerprint density at radius 3 is 2.29 bits per heavy atom. The van der Waals surface area contributed by atoms with E-state index in [0.29, 0.717) is 0 Å². The first-order valence-electron chi connectivity index (χ1n) is 10.4. The van der Waals surface area contributed by atoms with Crippen molar-refractivity contribution in [2.45, 2.75) is 77.0 Å². The largest absolute Gasteiger partial charge is 0.480 e. The average Bonchev–Trinajstić information content (AvgIpc) is 3.02. The minimum atomic E-state index is -2.19. The van der Waals surface area contributed by atoms with Crippen molar-refractivity contribution in [3.8, 4) is 0 Å². The minimum absolute atomic E-state index is 0.0105. The number of benzene rings is 1. The fourth-order valence-electron chi connectivity index (χ4n) is 3.21. The van der Waals surface area contributed by atoms with Crippen LogP contribution in [0, 0.1) is 0 Å². The van der Waals surface area contributed by atoms with Crippen LogP contribution in [0.1, 0.15) is 39.7 Å². The van der Waals surface area contributed by atoms with Gasteiger partial charge in [-0.25, -0.2) is 9.59 Å². The lowest BCUT2D eigenvalue weighted by atomic mass is 10.1. The highest BCUT2D eigenvalue weighted by molar-refractivity contribution is 6.74. The highest BCUT2D eigenvalue weighted by Gasteiger charge is 2.51. The Balaban J connectivity index is 2.25. The predicted octanol–water partition coefficient (Wildman–Crippen LogP) is 3.80. The zero-order chi connectivity index (χ0) is 23.4. The summed E-state index contributed by atoms with van der Waals surface area (Å²) in [5.74, 6) is -1.71. The van der Waals surface area contributed by atoms with Crippen LogP contribution in [-0.2, 0) is 30.1 Å². The molecule has 1 N–H and O–H groups in total. The number of ether oxygens (including phenoxy) is 2. The molecule has 1 saturated heterocycles. The summed E-state index contributed by atoms with van der Waals surface area (Å²) in [7, 11) is -2.19. The molecule has 9 heteroatoms. The molecule has 3 atom stereocenters. The fourth-order valence-corrected chi connectivity index (χ4v) is 4.24. The van der Waals surface area contributed by atoms with Gasteiger partial charge in [0, 0.05) is 13.3 Å². The van der Waals surface area contributed by atoms with Gasteiger partial charge in [0.05, 0.1) is 12.6 Å². The molecule has 1 aromatic carbocycles. The highest BCUT2D eigenvalue weighted by atomic mass is 28.4. The van der Waals surface area contributed by atoms with E-state index >= 15 is 0 Å². The number of carboxylic acids is 1. The zero-order valence-corrected chi connectivity index (χ0v) is 20.1. The molecule has 1 aliphatic rings. The van der Waals surface area contributed by atoms with Crippen LogP contribution in [0.25, 0.3) is 0 Å². The predicted molar refractivity (Wildman–Crippen MR) is 117 cm³/mol. The molecule has 1 aliphatic heterocycles. The number of carbonyl (C=O) groups excluding carboxylic acids is 2. The first-order valence-corrected chi connectivity index (χ1v) is 13.3. The molecule has 0 aliphatic carbocycles. The van der Waals surface area contributed by atoms with Crippen LogP contribution in [0.3, 0.4) is 0 Å². The Bertz CT molecular complexity index is 791. The third-order valence-corrected chi connectivity index (χ3v) is 10.5. The zero-order valence-electron chi connectivity index (χ0n) is 19.1. The van der Waals surface area contributed by atoms with E-state index in [2.05, 4.69) is 33.9 Å². The summed E-state index contributed by atoms with van der Waals surface area (Å²) in [5.41, 5.74) is 0.785. The molecule has 31 heavy (non-hydrogen) atoms. The molecule has 1 amide bonds. The standard InChI is InChI=1S/C22H33NO7Si/c1-15(24)30-19-12-17(20(25)26)23(18(19)14-29-31(5,6)22(2,3)4)21(27)28-13-16-10-8-7-9-11-16/h7-11,17-19H,12-14H2,1-6H3,(H,25,26)/t17-,18+,19-/m0/s1. The third-order valence-electron chi connectivity index (χ3n) is 6.02. The second-order valence-electron chi connectivity index (χ2n) is 9.32. The van der Waals surface area contributed by atoms with Gasteiger partial charge in [0.15, 0.2) is 8.32 Å². The molecular weight excluding hydrogens is 418 g/mol. The van der Waals surface area contributed by atoms with Gasteiger partial charge in [-0.2, -0.15) is 0 Å². The van der Waals surface area contributed by atoms with Crippen LogP contribution < -0.4 is 0 Å². The van der Waals surface area contributed by atoms with Gasteiger partial charge in [-0.15, -0.1) is 0 Å². The number of carboxylic acid groups (broad SMARTS) is 1. The second kappa shape index (κ2) is 9.82. The van der Waals surface area contributed by atoms with Crippen molar-refractivity contribution in [2.75, 3.05) is 6.61 Å². The van der Waals surface area contributed by atoms with Crippen molar-refractivity contribution in [3.05, 3.63) is 35.9 Å². The minimum Gasteiger partial charge on any atom is -0.480 e. The van der Waals surface area contributed by atoms with Crippen molar-refractivity contribution in [2.24, 2.45) is 0 Å². The highest BCUT2D eigenvalue weighted by Crippen LogP contribution is 2.38. The van der Waals surface area contributed by atoms with Gasteiger partial charge in [-0.1, -0.05) is 51.1 Å². The number of amides is 1. The molecule has 1 aromatic rings. The summed E-state index contributed by atoms with van der Waals surface area (Å²) in [4.78, 5) is 37.7. The number of esters is 1. The topological polar surface area (TPSA) is 102 Å². The van der Waals surface area contributed by atoms with E-state index in [4.69, 9.17) is 13.9 Å². The summed E-state index contributed by atoms with van der Waals surface area (Å²) in [6, 6.07) is 7.21. The molecule has 172 valence electrons. The lowest BCUT2D eigenvalue weighted by Gasteiger charge is -2.38. The number of likely N-dealkylation sites (tertiary alicyclic amines) is 1. The van der Waals surface area contributed by atoms with Crippen molar-refractivity contribution < 1.29 is 33.4 Å². The number of hydrogen-bond donors (Lipinski definition) is 1. The van der Waals surface area contributed by atoms with Gasteiger partial charge in [-0.3, -0.25) is 9.69 Å². The first-order chi connectivity index (χ1) is 14.3. The van der Waals surface area contributed by atoms with Crippen molar-refractivity contribution >= 4 is 26.3 Å². The SMILES string of the molecule is CC(=O)O[C@H]1C[C@@H](C(=O)O)N(C(=O)OCc2ccccc2)[C@@H]1CO[Si](C)(C)C(C)(C)C. The summed E-state index contributed by atoms with van der Waals surface area (Å²) in [6.07, 6.45) is -1.57. The van der Waals surface area contributed by atoms with E-state index in [1.54, 1.807) is 0 Å². The Hall–Kier alpha value is -2.39. The summed E-state index contributed by atoms with van der Waals surface area (Å²) < 4.78 is 17.1. The van der Waals surface area contributed by atoms with E-state index in [9.17, 15) is 19.5 Å². The third kappa shape index (κ3) is 6.30. The molecule has 0 bridgehead atoms. The molecule has 0 aromatic heterocycles. The Morgan fingerprint density at radius 2 is 1.77 bits per heavy atom. The van der Waals surface area contributed by atoms with Gasteiger partial charge in [0.25, 0.3) is 0 Å². The number of nitrogens with zero attached hydrogens (tertiary/aromatic N) is 1. The molecular formula is C22H33NO7Si. The molecule has 0 radical (unpaired) electrons. The summed E-state index contributed by atoms with van der Waals surface area (Å²) in [6.45, 7) is 11.7. The lowest BCUT2D eigenvalue weighted by Crippen LogP contribution is -2.51. The van der Waals surface area contributed by atoms with E-state index in [0.717, 1.165) is 10.5 Å². The van der Waals surface area contributed by atoms with Gasteiger partial charge in [0.1, 0.15) is 18.8 Å². The fraction of sp³-hybridized carbons (Fsp3) is 0.591. The Kier molecular flexibility index (Phi) is 7.88. The summed E-state index contributed by atoms with van der Waals surface area (Å²) >= 11 is 0. The van der Waals surface area contributed by atoms with Crippen molar-refractivity contribution in [1.29, 1.82) is 0 Å². The Morgan fingerprint density at radius 1 is 1.16 bits per heavy atom. The lowest BCUT2D eigenvalue weighted by molar-refractivity contribution is -0.148. The van der Waals surface area contributed by atoms with Gasteiger partial charge in [0.2, 0.25) is 0 Å². The van der Waals surface area contributed by atoms with Gasteiger partial charge >= 0.3 is 18.0 Å². The summed E-state index contributed by atoms with van der Waals surface area (Å²) in [5, 5.41) is 9.65. The van der Waals surface area contributed by atoms with Crippen LogP contribution in [0.4, 0.5) is 4.79 Å². The average molecular weight is 452 g/mol. The van der Waals surface area contributed by atoms with Crippen LogP contribution in [0.5, 0.6) is 0 Å².